The summed E-state index contributed by atoms with van der Waals surface area (Å²) in [7, 11) is 0. The Hall–Kier alpha value is -3.60. The van der Waals surface area contributed by atoms with E-state index < -0.39 is 53.3 Å². The zero-order chi connectivity index (χ0) is 25.8. The first-order chi connectivity index (χ1) is 16.4. The average molecular weight is 504 g/mol. The van der Waals surface area contributed by atoms with Gasteiger partial charge in [0.25, 0.3) is 0 Å². The van der Waals surface area contributed by atoms with Crippen LogP contribution in [-0.2, 0) is 14.3 Å². The van der Waals surface area contributed by atoms with Gasteiger partial charge in [0.05, 0.1) is 12.1 Å². The molecule has 11 heteroatoms. The molecule has 1 fully saturated rings. The van der Waals surface area contributed by atoms with Gasteiger partial charge in [-0.15, -0.1) is 11.8 Å². The lowest BCUT2D eigenvalue weighted by Crippen LogP contribution is -2.49. The van der Waals surface area contributed by atoms with Gasteiger partial charge in [0.2, 0.25) is 5.91 Å². The second-order valence-electron chi connectivity index (χ2n) is 8.78. The maximum absolute atomic E-state index is 13.4. The Kier molecular flexibility index (Phi) is 8.00. The summed E-state index contributed by atoms with van der Waals surface area (Å²) in [5.74, 6) is -2.40. The zero-order valence-electron chi connectivity index (χ0n) is 19.4. The van der Waals surface area contributed by atoms with Crippen molar-refractivity contribution in [3.63, 3.8) is 0 Å². The molecule has 2 aromatic carbocycles. The van der Waals surface area contributed by atoms with Gasteiger partial charge in [-0.3, -0.25) is 4.79 Å². The molecule has 1 saturated heterocycles. The van der Waals surface area contributed by atoms with Gasteiger partial charge in [-0.25, -0.2) is 18.8 Å². The average Bonchev–Trinajstić information content (AvgIpc) is 3.22. The number of benzene rings is 2. The number of ether oxygens (including phenoxy) is 1. The van der Waals surface area contributed by atoms with Gasteiger partial charge in [0.1, 0.15) is 22.8 Å². The van der Waals surface area contributed by atoms with Crippen molar-refractivity contribution in [2.24, 2.45) is 0 Å². The maximum atomic E-state index is 13.4. The first-order valence-corrected chi connectivity index (χ1v) is 11.8. The van der Waals surface area contributed by atoms with Gasteiger partial charge in [-0.1, -0.05) is 18.2 Å². The minimum atomic E-state index is -1.14. The van der Waals surface area contributed by atoms with Crippen molar-refractivity contribution >= 4 is 41.3 Å². The Bertz CT molecular complexity index is 1120. The predicted molar refractivity (Wildman–Crippen MR) is 129 cm³/mol. The lowest BCUT2D eigenvalue weighted by atomic mass is 10.1. The highest BCUT2D eigenvalue weighted by molar-refractivity contribution is 7.99. The summed E-state index contributed by atoms with van der Waals surface area (Å²) in [6.45, 7) is 4.74. The fraction of sp³-hybridized carbons (Fsp3) is 0.333. The molecule has 1 aliphatic heterocycles. The Morgan fingerprint density at radius 1 is 1.14 bits per heavy atom. The first kappa shape index (κ1) is 26.0. The second kappa shape index (κ2) is 10.8. The van der Waals surface area contributed by atoms with Crippen molar-refractivity contribution in [2.45, 2.75) is 37.8 Å². The number of aromatic carboxylic acids is 1. The number of hydrogen-bond acceptors (Lipinski definition) is 6. The van der Waals surface area contributed by atoms with Gasteiger partial charge in [0.15, 0.2) is 0 Å². The third-order valence-corrected chi connectivity index (χ3v) is 6.21. The van der Waals surface area contributed by atoms with Crippen LogP contribution in [0.4, 0.5) is 14.9 Å². The normalized spacial score (nSPS) is 17.5. The number of anilines is 1. The standard InChI is InChI=1S/C24H26FN3O6S/c1-24(2,3)34-22(32)18-13-35-20(14-7-9-16(25)10-8-14)28(18)19(29)12-26-23(33)27-17-6-4-5-15(11-17)21(30)31/h4-11,18,20H,12-13H2,1-3H3,(H,30,31)(H2,26,27,33). The van der Waals surface area contributed by atoms with Crippen LogP contribution in [0.2, 0.25) is 0 Å². The van der Waals surface area contributed by atoms with Crippen LogP contribution >= 0.6 is 11.8 Å². The molecule has 186 valence electrons. The van der Waals surface area contributed by atoms with E-state index in [1.54, 1.807) is 32.9 Å². The summed E-state index contributed by atoms with van der Waals surface area (Å²) >= 11 is 1.34. The highest BCUT2D eigenvalue weighted by Gasteiger charge is 2.44. The molecule has 0 bridgehead atoms. The van der Waals surface area contributed by atoms with Gasteiger partial charge >= 0.3 is 18.0 Å². The number of thioether (sulfide) groups is 1. The Morgan fingerprint density at radius 3 is 2.46 bits per heavy atom. The molecule has 35 heavy (non-hydrogen) atoms. The number of urea groups is 1. The van der Waals surface area contributed by atoms with Crippen molar-refractivity contribution in [2.75, 3.05) is 17.6 Å². The fourth-order valence-corrected chi connectivity index (χ4v) is 4.83. The number of carbonyl (C=O) groups is 4. The van der Waals surface area contributed by atoms with Gasteiger partial charge in [-0.2, -0.15) is 0 Å². The molecule has 3 N–H and O–H groups in total. The Labute approximate surface area is 206 Å². The van der Waals surface area contributed by atoms with Crippen LogP contribution in [0.5, 0.6) is 0 Å². The molecule has 2 aromatic rings. The van der Waals surface area contributed by atoms with Crippen LogP contribution in [0.1, 0.15) is 42.1 Å². The molecule has 3 rings (SSSR count). The minimum absolute atomic E-state index is 0.00434. The smallest absolute Gasteiger partial charge is 0.335 e. The zero-order valence-corrected chi connectivity index (χ0v) is 20.2. The molecule has 0 aromatic heterocycles. The van der Waals surface area contributed by atoms with Crippen molar-refractivity contribution in [3.05, 3.63) is 65.5 Å². The van der Waals surface area contributed by atoms with E-state index in [4.69, 9.17) is 9.84 Å². The van der Waals surface area contributed by atoms with E-state index in [9.17, 15) is 23.6 Å². The van der Waals surface area contributed by atoms with E-state index in [-0.39, 0.29) is 17.0 Å². The van der Waals surface area contributed by atoms with E-state index >= 15 is 0 Å². The number of carboxylic acids is 1. The molecule has 2 atom stereocenters. The highest BCUT2D eigenvalue weighted by atomic mass is 32.2. The van der Waals surface area contributed by atoms with Crippen LogP contribution in [0, 0.1) is 5.82 Å². The molecule has 0 radical (unpaired) electrons. The van der Waals surface area contributed by atoms with Gasteiger partial charge in [-0.05, 0) is 56.7 Å². The minimum Gasteiger partial charge on any atom is -0.478 e. The summed E-state index contributed by atoms with van der Waals surface area (Å²) in [5, 5.41) is 13.4. The molecule has 9 nitrogen and oxygen atoms in total. The molecular formula is C24H26FN3O6S. The maximum Gasteiger partial charge on any atom is 0.335 e. The fourth-order valence-electron chi connectivity index (χ4n) is 3.40. The SMILES string of the molecule is CC(C)(C)OC(=O)C1CSC(c2ccc(F)cc2)N1C(=O)CNC(=O)Nc1cccc(C(=O)O)c1. The topological polar surface area (TPSA) is 125 Å². The largest absolute Gasteiger partial charge is 0.478 e. The van der Waals surface area contributed by atoms with E-state index in [2.05, 4.69) is 10.6 Å². The van der Waals surface area contributed by atoms with E-state index in [1.807, 2.05) is 0 Å². The molecule has 3 amide bonds. The van der Waals surface area contributed by atoms with Gasteiger partial charge in [0, 0.05) is 11.4 Å². The lowest BCUT2D eigenvalue weighted by molar-refractivity contribution is -0.163. The van der Waals surface area contributed by atoms with Crippen LogP contribution in [0.25, 0.3) is 0 Å². The predicted octanol–water partition coefficient (Wildman–Crippen LogP) is 3.63. The van der Waals surface area contributed by atoms with Crippen LogP contribution in [0.15, 0.2) is 48.5 Å². The summed E-state index contributed by atoms with van der Waals surface area (Å²) in [6, 6.07) is 9.67. The Balaban J connectivity index is 1.73. The molecular weight excluding hydrogens is 477 g/mol. The van der Waals surface area contributed by atoms with Crippen LogP contribution < -0.4 is 10.6 Å². The van der Waals surface area contributed by atoms with Crippen molar-refractivity contribution in [1.29, 1.82) is 0 Å². The molecule has 0 aliphatic carbocycles. The number of esters is 1. The lowest BCUT2D eigenvalue weighted by Gasteiger charge is -2.30. The summed E-state index contributed by atoms with van der Waals surface area (Å²) in [4.78, 5) is 50.8. The molecule has 1 aliphatic rings. The van der Waals surface area contributed by atoms with E-state index in [1.165, 1.54) is 53.1 Å². The molecule has 1 heterocycles. The first-order valence-electron chi connectivity index (χ1n) is 10.7. The summed E-state index contributed by atoms with van der Waals surface area (Å²) in [5.41, 5.74) is 0.107. The number of amides is 3. The van der Waals surface area contributed by atoms with Crippen molar-refractivity contribution < 1.29 is 33.4 Å². The number of hydrogen-bond donors (Lipinski definition) is 3. The van der Waals surface area contributed by atoms with Crippen LogP contribution in [-0.4, -0.2) is 57.8 Å². The molecule has 0 spiro atoms. The number of carboxylic acid groups (broad SMARTS) is 1. The molecule has 2 unspecified atom stereocenters. The van der Waals surface area contributed by atoms with E-state index in [0.717, 1.165) is 0 Å². The summed E-state index contributed by atoms with van der Waals surface area (Å²) in [6.07, 6.45) is 0. The van der Waals surface area contributed by atoms with E-state index in [0.29, 0.717) is 5.56 Å². The number of nitrogens with zero attached hydrogens (tertiary/aromatic N) is 1. The van der Waals surface area contributed by atoms with Crippen LogP contribution in [0.3, 0.4) is 0 Å². The quantitative estimate of drug-likeness (QED) is 0.514. The highest BCUT2D eigenvalue weighted by Crippen LogP contribution is 2.42. The number of halogens is 1. The van der Waals surface area contributed by atoms with Crippen molar-refractivity contribution in [3.8, 4) is 0 Å². The Morgan fingerprint density at radius 2 is 1.83 bits per heavy atom. The monoisotopic (exact) mass is 503 g/mol. The number of carbonyl (C=O) groups excluding carboxylic acids is 3. The van der Waals surface area contributed by atoms with Gasteiger partial charge < -0.3 is 25.4 Å². The number of rotatable bonds is 6. The third-order valence-electron chi connectivity index (χ3n) is 4.89. The third kappa shape index (κ3) is 6.95. The number of nitrogens with one attached hydrogen (secondary N) is 2. The second-order valence-corrected chi connectivity index (χ2v) is 9.89. The van der Waals surface area contributed by atoms with Crippen molar-refractivity contribution in [1.82, 2.24) is 10.2 Å². The molecule has 0 saturated carbocycles. The summed E-state index contributed by atoms with van der Waals surface area (Å²) < 4.78 is 18.9.